The number of rotatable bonds is 2. The molecule has 0 spiro atoms. The monoisotopic (exact) mass is 273 g/mol. The number of nitrogens with one attached hydrogen (secondary N) is 1. The van der Waals surface area contributed by atoms with Gasteiger partial charge in [0.15, 0.2) is 5.65 Å². The zero-order valence-electron chi connectivity index (χ0n) is 11.3. The van der Waals surface area contributed by atoms with E-state index in [0.29, 0.717) is 18.7 Å². The third-order valence-electron chi connectivity index (χ3n) is 3.50. The molecule has 1 saturated heterocycles. The van der Waals surface area contributed by atoms with E-state index >= 15 is 0 Å². The molecule has 0 bridgehead atoms. The molecule has 0 saturated carbocycles. The van der Waals surface area contributed by atoms with Crippen LogP contribution in [0.2, 0.25) is 0 Å². The number of piperidine rings is 1. The van der Waals surface area contributed by atoms with E-state index in [1.54, 1.807) is 4.52 Å². The van der Waals surface area contributed by atoms with E-state index in [4.69, 9.17) is 0 Å². The highest BCUT2D eigenvalue weighted by atomic mass is 16.2. The van der Waals surface area contributed by atoms with Gasteiger partial charge >= 0.3 is 0 Å². The highest BCUT2D eigenvalue weighted by molar-refractivity contribution is 6.01. The fraction of sp³-hybridized carbons (Fsp3) is 0.385. The first-order valence-electron chi connectivity index (χ1n) is 6.43. The molecule has 20 heavy (non-hydrogen) atoms. The second-order valence-corrected chi connectivity index (χ2v) is 4.97. The molecule has 0 aromatic carbocycles. The van der Waals surface area contributed by atoms with Crippen molar-refractivity contribution in [3.8, 4) is 0 Å². The Labute approximate surface area is 115 Å². The number of aromatic nitrogens is 3. The molecular formula is C13H15N5O2. The molecule has 3 heterocycles. The number of aryl methyl sites for hydroxylation is 1. The standard InChI is InChI=1S/C13H15N5O2/c1-8-5-10-14-7-15-18(10)11(6-8)16-9-3-4-12(19)17(2)13(9)20/h5-7,9,16H,3-4H2,1-2H3. The molecule has 0 aliphatic carbocycles. The van der Waals surface area contributed by atoms with E-state index in [1.165, 1.54) is 18.3 Å². The highest BCUT2D eigenvalue weighted by Gasteiger charge is 2.32. The Morgan fingerprint density at radius 3 is 2.95 bits per heavy atom. The predicted molar refractivity (Wildman–Crippen MR) is 72.1 cm³/mol. The summed E-state index contributed by atoms with van der Waals surface area (Å²) in [6.45, 7) is 1.96. The minimum absolute atomic E-state index is 0.136. The van der Waals surface area contributed by atoms with Crippen molar-refractivity contribution < 1.29 is 9.59 Å². The molecule has 1 atom stereocenters. The van der Waals surface area contributed by atoms with Crippen molar-refractivity contribution in [1.82, 2.24) is 19.5 Å². The number of hydrogen-bond donors (Lipinski definition) is 1. The predicted octanol–water partition coefficient (Wildman–Crippen LogP) is 0.597. The highest BCUT2D eigenvalue weighted by Crippen LogP contribution is 2.19. The smallest absolute Gasteiger partial charge is 0.251 e. The molecule has 1 aliphatic rings. The molecule has 1 aliphatic heterocycles. The van der Waals surface area contributed by atoms with Crippen LogP contribution in [0.3, 0.4) is 0 Å². The number of fused-ring (bicyclic) bond motifs is 1. The molecular weight excluding hydrogens is 258 g/mol. The van der Waals surface area contributed by atoms with Crippen molar-refractivity contribution in [3.05, 3.63) is 24.0 Å². The number of hydrogen-bond acceptors (Lipinski definition) is 5. The summed E-state index contributed by atoms with van der Waals surface area (Å²) in [7, 11) is 1.51. The number of carbonyl (C=O) groups excluding carboxylic acids is 2. The van der Waals surface area contributed by atoms with Crippen LogP contribution < -0.4 is 5.32 Å². The lowest BCUT2D eigenvalue weighted by atomic mass is 10.0. The normalized spacial score (nSPS) is 19.7. The first-order valence-corrected chi connectivity index (χ1v) is 6.43. The molecule has 7 heteroatoms. The van der Waals surface area contributed by atoms with Crippen molar-refractivity contribution in [2.24, 2.45) is 0 Å². The van der Waals surface area contributed by atoms with Crippen LogP contribution in [-0.2, 0) is 9.59 Å². The van der Waals surface area contributed by atoms with E-state index in [9.17, 15) is 9.59 Å². The summed E-state index contributed by atoms with van der Waals surface area (Å²) in [5.74, 6) is 0.359. The number of carbonyl (C=O) groups is 2. The van der Waals surface area contributed by atoms with Crippen LogP contribution in [0, 0.1) is 6.92 Å². The van der Waals surface area contributed by atoms with Crippen molar-refractivity contribution in [2.75, 3.05) is 12.4 Å². The van der Waals surface area contributed by atoms with Crippen LogP contribution in [0.5, 0.6) is 0 Å². The summed E-state index contributed by atoms with van der Waals surface area (Å²) < 4.78 is 1.65. The van der Waals surface area contributed by atoms with Crippen molar-refractivity contribution in [1.29, 1.82) is 0 Å². The van der Waals surface area contributed by atoms with Gasteiger partial charge in [-0.15, -0.1) is 0 Å². The number of imide groups is 1. The maximum absolute atomic E-state index is 12.1. The molecule has 2 aromatic rings. The maximum atomic E-state index is 12.1. The van der Waals surface area contributed by atoms with E-state index in [0.717, 1.165) is 11.2 Å². The molecule has 7 nitrogen and oxygen atoms in total. The summed E-state index contributed by atoms with van der Waals surface area (Å²) in [6, 6.07) is 3.41. The number of likely N-dealkylation sites (N-methyl/N-ethyl adjacent to an activating group) is 1. The minimum atomic E-state index is -0.410. The lowest BCUT2D eigenvalue weighted by molar-refractivity contribution is -0.146. The van der Waals surface area contributed by atoms with Gasteiger partial charge in [0.05, 0.1) is 0 Å². The SMILES string of the molecule is Cc1cc(NC2CCC(=O)N(C)C2=O)n2ncnc2c1. The first kappa shape index (κ1) is 12.6. The quantitative estimate of drug-likeness (QED) is 0.810. The molecule has 3 rings (SSSR count). The number of likely N-dealkylation sites (tertiary alicyclic amines) is 1. The topological polar surface area (TPSA) is 79.6 Å². The molecule has 1 unspecified atom stereocenters. The van der Waals surface area contributed by atoms with E-state index in [2.05, 4.69) is 15.4 Å². The summed E-state index contributed by atoms with van der Waals surface area (Å²) in [5.41, 5.74) is 1.75. The largest absolute Gasteiger partial charge is 0.358 e. The van der Waals surface area contributed by atoms with Crippen LogP contribution in [0.15, 0.2) is 18.5 Å². The Morgan fingerprint density at radius 1 is 1.35 bits per heavy atom. The van der Waals surface area contributed by atoms with Crippen LogP contribution >= 0.6 is 0 Å². The van der Waals surface area contributed by atoms with Gasteiger partial charge in [0.1, 0.15) is 18.2 Å². The molecule has 2 aromatic heterocycles. The fourth-order valence-corrected chi connectivity index (χ4v) is 2.39. The van der Waals surface area contributed by atoms with Gasteiger partial charge in [-0.25, -0.2) is 4.98 Å². The third-order valence-corrected chi connectivity index (χ3v) is 3.50. The van der Waals surface area contributed by atoms with E-state index < -0.39 is 6.04 Å². The van der Waals surface area contributed by atoms with Crippen molar-refractivity contribution in [3.63, 3.8) is 0 Å². The Bertz CT molecular complexity index is 693. The lowest BCUT2D eigenvalue weighted by Crippen LogP contribution is -2.48. The second kappa shape index (κ2) is 4.59. The third kappa shape index (κ3) is 2.01. The first-order chi connectivity index (χ1) is 9.56. The van der Waals surface area contributed by atoms with Crippen LogP contribution in [0.1, 0.15) is 18.4 Å². The maximum Gasteiger partial charge on any atom is 0.251 e. The van der Waals surface area contributed by atoms with Crippen LogP contribution in [0.4, 0.5) is 5.82 Å². The van der Waals surface area contributed by atoms with Crippen molar-refractivity contribution in [2.45, 2.75) is 25.8 Å². The van der Waals surface area contributed by atoms with Gasteiger partial charge in [-0.2, -0.15) is 9.61 Å². The average molecular weight is 273 g/mol. The number of anilines is 1. The van der Waals surface area contributed by atoms with Gasteiger partial charge in [0, 0.05) is 13.5 Å². The molecule has 0 radical (unpaired) electrons. The second-order valence-electron chi connectivity index (χ2n) is 4.97. The van der Waals surface area contributed by atoms with Crippen LogP contribution in [-0.4, -0.2) is 44.4 Å². The average Bonchev–Trinajstić information content (AvgIpc) is 2.87. The minimum Gasteiger partial charge on any atom is -0.358 e. The Kier molecular flexibility index (Phi) is 2.89. The summed E-state index contributed by atoms with van der Waals surface area (Å²) >= 11 is 0. The van der Waals surface area contributed by atoms with Gasteiger partial charge in [0.25, 0.3) is 5.91 Å². The number of nitrogens with zero attached hydrogens (tertiary/aromatic N) is 4. The van der Waals surface area contributed by atoms with Gasteiger partial charge in [0.2, 0.25) is 5.91 Å². The summed E-state index contributed by atoms with van der Waals surface area (Å²) in [4.78, 5) is 28.9. The van der Waals surface area contributed by atoms with E-state index in [1.807, 2.05) is 19.1 Å². The Hall–Kier alpha value is -2.44. The molecule has 2 amide bonds. The summed E-state index contributed by atoms with van der Waals surface area (Å²) in [5, 5.41) is 7.30. The Balaban J connectivity index is 1.91. The van der Waals surface area contributed by atoms with Gasteiger partial charge in [-0.05, 0) is 31.0 Å². The lowest BCUT2D eigenvalue weighted by Gasteiger charge is -2.28. The number of amides is 2. The van der Waals surface area contributed by atoms with Gasteiger partial charge < -0.3 is 5.32 Å². The fourth-order valence-electron chi connectivity index (χ4n) is 2.39. The Morgan fingerprint density at radius 2 is 2.15 bits per heavy atom. The van der Waals surface area contributed by atoms with E-state index in [-0.39, 0.29) is 11.8 Å². The zero-order chi connectivity index (χ0) is 14.3. The molecule has 1 N–H and O–H groups in total. The summed E-state index contributed by atoms with van der Waals surface area (Å²) in [6.07, 6.45) is 2.33. The van der Waals surface area contributed by atoms with Crippen LogP contribution in [0.25, 0.3) is 5.65 Å². The zero-order valence-corrected chi connectivity index (χ0v) is 11.3. The van der Waals surface area contributed by atoms with Crippen molar-refractivity contribution >= 4 is 23.3 Å². The number of pyridine rings is 1. The van der Waals surface area contributed by atoms with Gasteiger partial charge in [-0.1, -0.05) is 0 Å². The molecule has 1 fully saturated rings. The van der Waals surface area contributed by atoms with Gasteiger partial charge in [-0.3, -0.25) is 14.5 Å². The molecule has 104 valence electrons.